The molecule has 0 spiro atoms. The summed E-state index contributed by atoms with van der Waals surface area (Å²) in [5.74, 6) is -1.02. The summed E-state index contributed by atoms with van der Waals surface area (Å²) < 4.78 is 33.4. The van der Waals surface area contributed by atoms with Crippen LogP contribution in [0.25, 0.3) is 0 Å². The Kier molecular flexibility index (Phi) is 6.01. The predicted molar refractivity (Wildman–Crippen MR) is 109 cm³/mol. The summed E-state index contributed by atoms with van der Waals surface area (Å²) in [5.41, 5.74) is 1.41. The highest BCUT2D eigenvalue weighted by atomic mass is 19.1. The maximum absolute atomic E-state index is 14.0. The van der Waals surface area contributed by atoms with E-state index in [1.807, 2.05) is 26.8 Å². The Bertz CT molecular complexity index is 973. The number of anilines is 1. The number of aliphatic hydroxyl groups is 2. The van der Waals surface area contributed by atoms with Crippen molar-refractivity contribution in [2.45, 2.75) is 51.4 Å². The molecule has 1 unspecified atom stereocenters. The molecule has 2 amide bonds. The second kappa shape index (κ2) is 8.20. The van der Waals surface area contributed by atoms with Crippen LogP contribution in [0.15, 0.2) is 24.3 Å². The van der Waals surface area contributed by atoms with Gasteiger partial charge in [-0.3, -0.25) is 0 Å². The lowest BCUT2D eigenvalue weighted by atomic mass is 9.85. The molecule has 1 aliphatic rings. The van der Waals surface area contributed by atoms with E-state index in [0.29, 0.717) is 17.0 Å². The van der Waals surface area contributed by atoms with Gasteiger partial charge in [0.1, 0.15) is 23.5 Å². The Balaban J connectivity index is 1.83. The highest BCUT2D eigenvalue weighted by Gasteiger charge is 2.36. The molecule has 3 rings (SSSR count). The summed E-state index contributed by atoms with van der Waals surface area (Å²) in [5, 5.41) is 25.3. The van der Waals surface area contributed by atoms with Gasteiger partial charge in [-0.15, -0.1) is 0 Å². The number of methoxy groups -OCH3 is 1. The molecule has 30 heavy (non-hydrogen) atoms. The molecule has 8 heteroatoms. The maximum atomic E-state index is 14.0. The third-order valence-electron chi connectivity index (χ3n) is 5.32. The highest BCUT2D eigenvalue weighted by molar-refractivity contribution is 5.92. The number of nitrogens with one attached hydrogen (secondary N) is 2. The van der Waals surface area contributed by atoms with Crippen LogP contribution in [-0.4, -0.2) is 29.4 Å². The van der Waals surface area contributed by atoms with Crippen molar-refractivity contribution in [1.29, 1.82) is 0 Å². The van der Waals surface area contributed by atoms with Gasteiger partial charge in [0.25, 0.3) is 0 Å². The lowest BCUT2D eigenvalue weighted by molar-refractivity contribution is 0.141. The van der Waals surface area contributed by atoms with Gasteiger partial charge in [-0.25, -0.2) is 13.6 Å². The Hall–Kier alpha value is -2.71. The topological polar surface area (TPSA) is 90.8 Å². The summed E-state index contributed by atoms with van der Waals surface area (Å²) in [6.07, 6.45) is -1.40. The van der Waals surface area contributed by atoms with Crippen LogP contribution in [0, 0.1) is 11.6 Å². The van der Waals surface area contributed by atoms with Crippen molar-refractivity contribution < 1.29 is 28.5 Å². The number of ether oxygens (including phenoxy) is 1. The summed E-state index contributed by atoms with van der Waals surface area (Å²) in [7, 11) is 1.43. The van der Waals surface area contributed by atoms with Crippen LogP contribution in [-0.2, 0) is 18.4 Å². The van der Waals surface area contributed by atoms with Gasteiger partial charge in [-0.05, 0) is 47.2 Å². The lowest BCUT2D eigenvalue weighted by Crippen LogP contribution is -2.40. The second-order valence-electron chi connectivity index (χ2n) is 8.40. The van der Waals surface area contributed by atoms with Gasteiger partial charge in [0.2, 0.25) is 0 Å². The molecule has 0 radical (unpaired) electrons. The van der Waals surface area contributed by atoms with Crippen LogP contribution >= 0.6 is 0 Å². The van der Waals surface area contributed by atoms with E-state index in [-0.39, 0.29) is 29.6 Å². The summed E-state index contributed by atoms with van der Waals surface area (Å²) in [6.45, 7) is 5.71. The van der Waals surface area contributed by atoms with Crippen molar-refractivity contribution >= 4 is 11.7 Å². The van der Waals surface area contributed by atoms with Gasteiger partial charge in [-0.2, -0.15) is 0 Å². The standard InChI is InChI=1S/C22H26F2N2O4/c1-22(2,3)12-7-11(10-27)20(30-4)17(8-12)26-21(29)25-16-9-13-14(23)5-6-15(24)18(13)19(16)28/h5-8,16,19,27-28H,9-10H2,1-4H3,(H2,25,26,29)/t16-,19?/m1/s1. The quantitative estimate of drug-likeness (QED) is 0.609. The minimum absolute atomic E-state index is 0.0332. The van der Waals surface area contributed by atoms with Gasteiger partial charge >= 0.3 is 6.03 Å². The van der Waals surface area contributed by atoms with Crippen LogP contribution in [0.4, 0.5) is 19.3 Å². The molecular formula is C22H26F2N2O4. The zero-order valence-corrected chi connectivity index (χ0v) is 17.3. The molecule has 0 saturated heterocycles. The molecule has 2 aromatic carbocycles. The van der Waals surface area contributed by atoms with E-state index in [4.69, 9.17) is 4.74 Å². The molecule has 0 aromatic heterocycles. The molecule has 2 aromatic rings. The molecule has 2 atom stereocenters. The van der Waals surface area contributed by atoms with Crippen molar-refractivity contribution in [1.82, 2.24) is 5.32 Å². The van der Waals surface area contributed by atoms with Gasteiger partial charge in [0, 0.05) is 11.1 Å². The number of carbonyl (C=O) groups excluding carboxylic acids is 1. The monoisotopic (exact) mass is 420 g/mol. The molecule has 0 bridgehead atoms. The third-order valence-corrected chi connectivity index (χ3v) is 5.32. The Labute approximate surface area is 173 Å². The number of benzene rings is 2. The molecule has 0 saturated carbocycles. The Morgan fingerprint density at radius 3 is 2.47 bits per heavy atom. The second-order valence-corrected chi connectivity index (χ2v) is 8.40. The van der Waals surface area contributed by atoms with E-state index in [2.05, 4.69) is 10.6 Å². The molecular weight excluding hydrogens is 394 g/mol. The average Bonchev–Trinajstić information content (AvgIpc) is 3.00. The van der Waals surface area contributed by atoms with Gasteiger partial charge in [-0.1, -0.05) is 20.8 Å². The van der Waals surface area contributed by atoms with E-state index in [9.17, 15) is 23.8 Å². The van der Waals surface area contributed by atoms with E-state index in [0.717, 1.165) is 17.7 Å². The van der Waals surface area contributed by atoms with Gasteiger partial charge in [0.05, 0.1) is 25.4 Å². The summed E-state index contributed by atoms with van der Waals surface area (Å²) in [6, 6.07) is 3.96. The lowest BCUT2D eigenvalue weighted by Gasteiger charge is -2.24. The number of halogens is 2. The summed E-state index contributed by atoms with van der Waals surface area (Å²) in [4.78, 5) is 12.6. The fourth-order valence-corrected chi connectivity index (χ4v) is 3.70. The Morgan fingerprint density at radius 2 is 1.90 bits per heavy atom. The zero-order valence-electron chi connectivity index (χ0n) is 17.3. The van der Waals surface area contributed by atoms with Crippen LogP contribution in [0.5, 0.6) is 5.75 Å². The maximum Gasteiger partial charge on any atom is 0.319 e. The number of rotatable bonds is 4. The van der Waals surface area contributed by atoms with E-state index >= 15 is 0 Å². The fourth-order valence-electron chi connectivity index (χ4n) is 3.70. The first-order chi connectivity index (χ1) is 14.1. The number of amides is 2. The molecule has 4 N–H and O–H groups in total. The largest absolute Gasteiger partial charge is 0.494 e. The fraction of sp³-hybridized carbons (Fsp3) is 0.409. The third kappa shape index (κ3) is 4.11. The van der Waals surface area contributed by atoms with Gasteiger partial charge < -0.3 is 25.6 Å². The van der Waals surface area contributed by atoms with Crippen molar-refractivity contribution in [3.8, 4) is 5.75 Å². The number of aliphatic hydroxyl groups excluding tert-OH is 2. The van der Waals surface area contributed by atoms with Crippen LogP contribution in [0.3, 0.4) is 0 Å². The van der Waals surface area contributed by atoms with Gasteiger partial charge in [0.15, 0.2) is 0 Å². The molecule has 6 nitrogen and oxygen atoms in total. The minimum atomic E-state index is -1.36. The average molecular weight is 420 g/mol. The van der Waals surface area contributed by atoms with Crippen molar-refractivity contribution in [2.24, 2.45) is 0 Å². The van der Waals surface area contributed by atoms with Crippen LogP contribution in [0.1, 0.15) is 49.1 Å². The summed E-state index contributed by atoms with van der Waals surface area (Å²) >= 11 is 0. The normalized spacial score (nSPS) is 18.1. The van der Waals surface area contributed by atoms with Crippen molar-refractivity contribution in [3.63, 3.8) is 0 Å². The highest BCUT2D eigenvalue weighted by Crippen LogP contribution is 2.37. The molecule has 162 valence electrons. The number of urea groups is 1. The minimum Gasteiger partial charge on any atom is -0.494 e. The predicted octanol–water partition coefficient (Wildman–Crippen LogP) is 3.54. The SMILES string of the molecule is COc1c(CO)cc(C(C)(C)C)cc1NC(=O)N[C@@H]1Cc2c(F)ccc(F)c2C1O. The zero-order chi connectivity index (χ0) is 22.2. The first kappa shape index (κ1) is 22.0. The number of hydrogen-bond donors (Lipinski definition) is 4. The molecule has 0 heterocycles. The number of fused-ring (bicyclic) bond motifs is 1. The van der Waals surface area contributed by atoms with Crippen molar-refractivity contribution in [2.75, 3.05) is 12.4 Å². The van der Waals surface area contributed by atoms with E-state index < -0.39 is 29.8 Å². The molecule has 1 aliphatic carbocycles. The first-order valence-corrected chi connectivity index (χ1v) is 9.61. The van der Waals surface area contributed by atoms with Crippen LogP contribution in [0.2, 0.25) is 0 Å². The molecule has 0 aliphatic heterocycles. The first-order valence-electron chi connectivity index (χ1n) is 9.61. The van der Waals surface area contributed by atoms with Crippen molar-refractivity contribution in [3.05, 3.63) is 58.2 Å². The number of carbonyl (C=O) groups is 1. The smallest absolute Gasteiger partial charge is 0.319 e. The molecule has 0 fully saturated rings. The number of hydrogen-bond acceptors (Lipinski definition) is 4. The van der Waals surface area contributed by atoms with E-state index in [1.54, 1.807) is 6.07 Å². The van der Waals surface area contributed by atoms with Crippen LogP contribution < -0.4 is 15.4 Å². The van der Waals surface area contributed by atoms with E-state index in [1.165, 1.54) is 7.11 Å². The Morgan fingerprint density at radius 1 is 1.23 bits per heavy atom.